The fourth-order valence-corrected chi connectivity index (χ4v) is 1.56. The molecule has 1 heteroatoms. The molecule has 2 atom stereocenters. The molecule has 64 valence electrons. The van der Waals surface area contributed by atoms with Gasteiger partial charge >= 0.3 is 0 Å². The van der Waals surface area contributed by atoms with Crippen LogP contribution in [0.15, 0.2) is 12.2 Å². The fourth-order valence-electron chi connectivity index (χ4n) is 1.56. The SMILES string of the molecule is CCC1C=CC(O)(CC)CC1. The maximum atomic E-state index is 9.81. The molecule has 11 heavy (non-hydrogen) atoms. The summed E-state index contributed by atoms with van der Waals surface area (Å²) in [5.74, 6) is 0.710. The van der Waals surface area contributed by atoms with Crippen LogP contribution in [0.4, 0.5) is 0 Å². The standard InChI is InChI=1S/C10H18O/c1-3-9-5-7-10(11,4-2)8-6-9/h5,7,9,11H,3-4,6,8H2,1-2H3. The normalized spacial score (nSPS) is 37.5. The molecule has 0 bridgehead atoms. The largest absolute Gasteiger partial charge is 0.386 e. The molecule has 1 N–H and O–H groups in total. The second kappa shape index (κ2) is 3.40. The van der Waals surface area contributed by atoms with Crippen LogP contribution in [0.5, 0.6) is 0 Å². The Morgan fingerprint density at radius 3 is 2.64 bits per heavy atom. The Bertz CT molecular complexity index is 151. The molecule has 0 aromatic heterocycles. The zero-order chi connectivity index (χ0) is 8.32. The zero-order valence-electron chi connectivity index (χ0n) is 7.51. The monoisotopic (exact) mass is 154 g/mol. The molecule has 0 aliphatic heterocycles. The Balaban J connectivity index is 2.55. The highest BCUT2D eigenvalue weighted by molar-refractivity contribution is 5.06. The lowest BCUT2D eigenvalue weighted by atomic mass is 9.83. The third-order valence-corrected chi connectivity index (χ3v) is 2.76. The predicted octanol–water partition coefficient (Wildman–Crippen LogP) is 2.50. The van der Waals surface area contributed by atoms with E-state index in [4.69, 9.17) is 0 Å². The van der Waals surface area contributed by atoms with Gasteiger partial charge in [-0.3, -0.25) is 0 Å². The smallest absolute Gasteiger partial charge is 0.0825 e. The summed E-state index contributed by atoms with van der Waals surface area (Å²) in [6, 6.07) is 0. The lowest BCUT2D eigenvalue weighted by Gasteiger charge is -2.29. The van der Waals surface area contributed by atoms with Crippen molar-refractivity contribution in [2.45, 2.75) is 45.1 Å². The number of rotatable bonds is 2. The molecule has 2 unspecified atom stereocenters. The van der Waals surface area contributed by atoms with Crippen LogP contribution in [0, 0.1) is 5.92 Å². The molecular weight excluding hydrogens is 136 g/mol. The molecule has 0 amide bonds. The van der Waals surface area contributed by atoms with Crippen LogP contribution in [0.25, 0.3) is 0 Å². The van der Waals surface area contributed by atoms with Crippen LogP contribution in [0.3, 0.4) is 0 Å². The summed E-state index contributed by atoms with van der Waals surface area (Å²) in [6.07, 6.45) is 8.31. The second-order valence-electron chi connectivity index (χ2n) is 3.52. The molecule has 0 saturated carbocycles. The summed E-state index contributed by atoms with van der Waals surface area (Å²) in [7, 11) is 0. The molecule has 0 aromatic rings. The summed E-state index contributed by atoms with van der Waals surface area (Å²) in [4.78, 5) is 0. The number of hydrogen-bond acceptors (Lipinski definition) is 1. The van der Waals surface area contributed by atoms with Crippen molar-refractivity contribution < 1.29 is 5.11 Å². The van der Waals surface area contributed by atoms with Crippen molar-refractivity contribution in [3.63, 3.8) is 0 Å². The van der Waals surface area contributed by atoms with Gasteiger partial charge in [0.05, 0.1) is 5.60 Å². The van der Waals surface area contributed by atoms with E-state index in [1.165, 1.54) is 6.42 Å². The third-order valence-electron chi connectivity index (χ3n) is 2.76. The van der Waals surface area contributed by atoms with Crippen molar-refractivity contribution in [3.05, 3.63) is 12.2 Å². The molecule has 1 rings (SSSR count). The van der Waals surface area contributed by atoms with Gasteiger partial charge in [0.2, 0.25) is 0 Å². The molecule has 0 radical (unpaired) electrons. The van der Waals surface area contributed by atoms with Crippen LogP contribution in [0.1, 0.15) is 39.5 Å². The minimum atomic E-state index is -0.480. The molecule has 0 heterocycles. The minimum absolute atomic E-state index is 0.480. The Labute approximate surface area is 69.1 Å². The van der Waals surface area contributed by atoms with E-state index < -0.39 is 5.60 Å². The maximum Gasteiger partial charge on any atom is 0.0825 e. The maximum absolute atomic E-state index is 9.81. The first-order valence-corrected chi connectivity index (χ1v) is 4.62. The summed E-state index contributed by atoms with van der Waals surface area (Å²) in [5.41, 5.74) is -0.480. The zero-order valence-corrected chi connectivity index (χ0v) is 7.51. The Hall–Kier alpha value is -0.300. The first-order valence-electron chi connectivity index (χ1n) is 4.62. The lowest BCUT2D eigenvalue weighted by molar-refractivity contribution is 0.0646. The van der Waals surface area contributed by atoms with Gasteiger partial charge in [0.1, 0.15) is 0 Å². The fraction of sp³-hybridized carbons (Fsp3) is 0.800. The molecule has 0 saturated heterocycles. The van der Waals surface area contributed by atoms with Crippen LogP contribution < -0.4 is 0 Å². The highest BCUT2D eigenvalue weighted by Crippen LogP contribution is 2.29. The Kier molecular flexibility index (Phi) is 2.72. The molecular formula is C10H18O. The molecule has 0 fully saturated rings. The first-order chi connectivity index (χ1) is 5.20. The van der Waals surface area contributed by atoms with Gasteiger partial charge in [0.15, 0.2) is 0 Å². The second-order valence-corrected chi connectivity index (χ2v) is 3.52. The van der Waals surface area contributed by atoms with E-state index in [1.807, 2.05) is 13.0 Å². The van der Waals surface area contributed by atoms with Gasteiger partial charge in [0.25, 0.3) is 0 Å². The van der Waals surface area contributed by atoms with E-state index in [0.29, 0.717) is 5.92 Å². The van der Waals surface area contributed by atoms with Gasteiger partial charge < -0.3 is 5.11 Å². The van der Waals surface area contributed by atoms with Crippen molar-refractivity contribution >= 4 is 0 Å². The van der Waals surface area contributed by atoms with Crippen LogP contribution in [0.2, 0.25) is 0 Å². The van der Waals surface area contributed by atoms with Gasteiger partial charge in [-0.1, -0.05) is 26.0 Å². The molecule has 1 nitrogen and oxygen atoms in total. The highest BCUT2D eigenvalue weighted by Gasteiger charge is 2.25. The quantitative estimate of drug-likeness (QED) is 0.606. The number of allylic oxidation sites excluding steroid dienone is 1. The molecule has 0 spiro atoms. The van der Waals surface area contributed by atoms with Crippen LogP contribution in [-0.4, -0.2) is 10.7 Å². The van der Waals surface area contributed by atoms with Gasteiger partial charge in [-0.05, 0) is 31.6 Å². The molecule has 1 aliphatic carbocycles. The Morgan fingerprint density at radius 1 is 1.55 bits per heavy atom. The van der Waals surface area contributed by atoms with E-state index in [0.717, 1.165) is 19.3 Å². The summed E-state index contributed by atoms with van der Waals surface area (Å²) in [5, 5.41) is 9.81. The van der Waals surface area contributed by atoms with Crippen LogP contribution in [-0.2, 0) is 0 Å². The van der Waals surface area contributed by atoms with E-state index in [1.54, 1.807) is 0 Å². The average Bonchev–Trinajstić information content (AvgIpc) is 2.06. The summed E-state index contributed by atoms with van der Waals surface area (Å²) < 4.78 is 0. The van der Waals surface area contributed by atoms with Crippen molar-refractivity contribution in [1.82, 2.24) is 0 Å². The van der Waals surface area contributed by atoms with Gasteiger partial charge in [-0.15, -0.1) is 0 Å². The number of aliphatic hydroxyl groups is 1. The lowest BCUT2D eigenvalue weighted by Crippen LogP contribution is -2.28. The first kappa shape index (κ1) is 8.79. The van der Waals surface area contributed by atoms with E-state index in [-0.39, 0.29) is 0 Å². The Morgan fingerprint density at radius 2 is 2.27 bits per heavy atom. The van der Waals surface area contributed by atoms with Gasteiger partial charge in [-0.2, -0.15) is 0 Å². The van der Waals surface area contributed by atoms with Crippen molar-refractivity contribution in [3.8, 4) is 0 Å². The highest BCUT2D eigenvalue weighted by atomic mass is 16.3. The predicted molar refractivity (Wildman–Crippen MR) is 47.4 cm³/mol. The summed E-state index contributed by atoms with van der Waals surface area (Å²) >= 11 is 0. The van der Waals surface area contributed by atoms with Gasteiger partial charge in [-0.25, -0.2) is 0 Å². The minimum Gasteiger partial charge on any atom is -0.386 e. The third kappa shape index (κ3) is 2.06. The van der Waals surface area contributed by atoms with Crippen molar-refractivity contribution in [2.24, 2.45) is 5.92 Å². The van der Waals surface area contributed by atoms with Crippen molar-refractivity contribution in [1.29, 1.82) is 0 Å². The average molecular weight is 154 g/mol. The molecule has 1 aliphatic rings. The topological polar surface area (TPSA) is 20.2 Å². The van der Waals surface area contributed by atoms with E-state index >= 15 is 0 Å². The van der Waals surface area contributed by atoms with Crippen molar-refractivity contribution in [2.75, 3.05) is 0 Å². The molecule has 0 aromatic carbocycles. The summed E-state index contributed by atoms with van der Waals surface area (Å²) in [6.45, 7) is 4.24. The van der Waals surface area contributed by atoms with E-state index in [2.05, 4.69) is 13.0 Å². The van der Waals surface area contributed by atoms with Gasteiger partial charge in [0, 0.05) is 0 Å². The van der Waals surface area contributed by atoms with E-state index in [9.17, 15) is 5.11 Å². The van der Waals surface area contributed by atoms with Crippen LogP contribution >= 0.6 is 0 Å². The number of hydrogen-bond donors (Lipinski definition) is 1.